The van der Waals surface area contributed by atoms with Gasteiger partial charge in [0.25, 0.3) is 0 Å². The van der Waals surface area contributed by atoms with Gasteiger partial charge in [0, 0.05) is 12.0 Å². The molecule has 0 amide bonds. The molecule has 154 valence electrons. The topological polar surface area (TPSA) is 38.0 Å². The number of benzene rings is 2. The van der Waals surface area contributed by atoms with Crippen molar-refractivity contribution in [2.45, 2.75) is 44.7 Å². The van der Waals surface area contributed by atoms with E-state index in [2.05, 4.69) is 17.4 Å². The largest absolute Gasteiger partial charge is 0.416 e. The van der Waals surface area contributed by atoms with Crippen molar-refractivity contribution >= 4 is 0 Å². The number of nitrogens with two attached hydrogens (primary N) is 1. The fourth-order valence-electron chi connectivity index (χ4n) is 3.76. The van der Waals surface area contributed by atoms with Crippen molar-refractivity contribution < 1.29 is 13.2 Å². The molecule has 0 saturated carbocycles. The van der Waals surface area contributed by atoms with Crippen LogP contribution >= 0.6 is 0 Å². The Morgan fingerprint density at radius 2 is 1.61 bits per heavy atom. The van der Waals surface area contributed by atoms with Gasteiger partial charge >= 0.3 is 6.18 Å². The highest BCUT2D eigenvalue weighted by Crippen LogP contribution is 2.39. The molecule has 0 spiro atoms. The first-order valence-corrected chi connectivity index (χ1v) is 9.92. The summed E-state index contributed by atoms with van der Waals surface area (Å²) >= 11 is 0. The molecule has 3 N–H and O–H groups in total. The van der Waals surface area contributed by atoms with Gasteiger partial charge in [0.2, 0.25) is 0 Å². The van der Waals surface area contributed by atoms with Crippen LogP contribution in [0.1, 0.15) is 43.4 Å². The molecule has 1 unspecified atom stereocenters. The van der Waals surface area contributed by atoms with Crippen LogP contribution < -0.4 is 11.1 Å². The molecule has 0 aliphatic carbocycles. The number of nitrogens with one attached hydrogen (secondary N) is 1. The Morgan fingerprint density at radius 3 is 2.21 bits per heavy atom. The van der Waals surface area contributed by atoms with Gasteiger partial charge in [-0.3, -0.25) is 0 Å². The van der Waals surface area contributed by atoms with Crippen LogP contribution in [0.25, 0.3) is 0 Å². The zero-order chi connectivity index (χ0) is 20.6. The van der Waals surface area contributed by atoms with Gasteiger partial charge in [-0.25, -0.2) is 0 Å². The molecule has 0 fully saturated rings. The molecule has 0 aliphatic rings. The summed E-state index contributed by atoms with van der Waals surface area (Å²) in [5.41, 5.74) is 7.03. The monoisotopic (exact) mass is 392 g/mol. The zero-order valence-electron chi connectivity index (χ0n) is 16.7. The SMILES string of the molecule is CC(C)C(CN)(CCCNCCc1ccccc1)c1cccc(C(F)(F)F)c1. The van der Waals surface area contributed by atoms with Crippen molar-refractivity contribution in [3.63, 3.8) is 0 Å². The number of hydrogen-bond acceptors (Lipinski definition) is 2. The second kappa shape index (κ2) is 10.1. The summed E-state index contributed by atoms with van der Waals surface area (Å²) in [4.78, 5) is 0. The number of halogens is 3. The smallest absolute Gasteiger partial charge is 0.330 e. The summed E-state index contributed by atoms with van der Waals surface area (Å²) in [5.74, 6) is 0.144. The highest BCUT2D eigenvalue weighted by molar-refractivity contribution is 5.33. The molecule has 0 radical (unpaired) electrons. The molecule has 0 bridgehead atoms. The average Bonchev–Trinajstić information content (AvgIpc) is 2.68. The van der Waals surface area contributed by atoms with Crippen molar-refractivity contribution in [3.8, 4) is 0 Å². The maximum absolute atomic E-state index is 13.2. The first-order chi connectivity index (χ1) is 13.3. The lowest BCUT2D eigenvalue weighted by molar-refractivity contribution is -0.137. The van der Waals surface area contributed by atoms with Crippen molar-refractivity contribution in [3.05, 3.63) is 71.3 Å². The summed E-state index contributed by atoms with van der Waals surface area (Å²) in [7, 11) is 0. The molecule has 0 aromatic heterocycles. The highest BCUT2D eigenvalue weighted by Gasteiger charge is 2.37. The van der Waals surface area contributed by atoms with E-state index in [1.807, 2.05) is 32.0 Å². The summed E-state index contributed by atoms with van der Waals surface area (Å²) < 4.78 is 39.5. The molecule has 2 aromatic carbocycles. The molecule has 0 saturated heterocycles. The van der Waals surface area contributed by atoms with Crippen LogP contribution in [-0.2, 0) is 18.0 Å². The first kappa shape index (κ1) is 22.4. The second-order valence-electron chi connectivity index (χ2n) is 7.68. The van der Waals surface area contributed by atoms with E-state index in [0.29, 0.717) is 12.1 Å². The summed E-state index contributed by atoms with van der Waals surface area (Å²) in [6, 6.07) is 15.9. The van der Waals surface area contributed by atoms with Crippen LogP contribution in [0.15, 0.2) is 54.6 Å². The van der Waals surface area contributed by atoms with Gasteiger partial charge in [0.05, 0.1) is 5.56 Å². The lowest BCUT2D eigenvalue weighted by Crippen LogP contribution is -2.41. The third-order valence-electron chi connectivity index (χ3n) is 5.64. The molecule has 5 heteroatoms. The molecule has 1 atom stereocenters. The van der Waals surface area contributed by atoms with E-state index in [1.54, 1.807) is 6.07 Å². The minimum absolute atomic E-state index is 0.144. The first-order valence-electron chi connectivity index (χ1n) is 9.92. The fraction of sp³-hybridized carbons (Fsp3) is 0.478. The Bertz CT molecular complexity index is 713. The van der Waals surface area contributed by atoms with Gasteiger partial charge in [0.15, 0.2) is 0 Å². The lowest BCUT2D eigenvalue weighted by atomic mass is 9.68. The molecule has 28 heavy (non-hydrogen) atoms. The third kappa shape index (κ3) is 5.82. The number of hydrogen-bond donors (Lipinski definition) is 2. The summed E-state index contributed by atoms with van der Waals surface area (Å²) in [5, 5.41) is 3.44. The van der Waals surface area contributed by atoms with Crippen LogP contribution in [0.2, 0.25) is 0 Å². The van der Waals surface area contributed by atoms with E-state index in [9.17, 15) is 13.2 Å². The average molecular weight is 393 g/mol. The standard InChI is InChI=1S/C23H31F3N2/c1-18(2)22(17-27,20-10-6-11-21(16-20)23(24,25)26)13-7-14-28-15-12-19-8-4-3-5-9-19/h3-6,8-11,16,18,28H,7,12-15,17,27H2,1-2H3. The molecular formula is C23H31F3N2. The normalized spacial score (nSPS) is 14.2. The molecule has 0 aliphatic heterocycles. The predicted octanol–water partition coefficient (Wildman–Crippen LogP) is 5.17. The van der Waals surface area contributed by atoms with Crippen LogP contribution in [0.4, 0.5) is 13.2 Å². The summed E-state index contributed by atoms with van der Waals surface area (Å²) in [6.45, 7) is 6.10. The van der Waals surface area contributed by atoms with Crippen LogP contribution in [-0.4, -0.2) is 19.6 Å². The third-order valence-corrected chi connectivity index (χ3v) is 5.64. The van der Waals surface area contributed by atoms with Crippen molar-refractivity contribution in [1.29, 1.82) is 0 Å². The van der Waals surface area contributed by atoms with Crippen LogP contribution in [0.5, 0.6) is 0 Å². The Balaban J connectivity index is 1.97. The van der Waals surface area contributed by atoms with Crippen LogP contribution in [0.3, 0.4) is 0 Å². The Kier molecular flexibility index (Phi) is 8.08. The Labute approximate surface area is 166 Å². The van der Waals surface area contributed by atoms with Gasteiger partial charge in [-0.15, -0.1) is 0 Å². The van der Waals surface area contributed by atoms with Gasteiger partial charge in [-0.1, -0.05) is 62.4 Å². The number of rotatable bonds is 10. The Hall–Kier alpha value is -1.85. The lowest BCUT2D eigenvalue weighted by Gasteiger charge is -2.38. The molecule has 0 heterocycles. The Morgan fingerprint density at radius 1 is 0.929 bits per heavy atom. The van der Waals surface area contributed by atoms with Crippen molar-refractivity contribution in [2.75, 3.05) is 19.6 Å². The van der Waals surface area contributed by atoms with Crippen molar-refractivity contribution in [2.24, 2.45) is 11.7 Å². The fourth-order valence-corrected chi connectivity index (χ4v) is 3.76. The summed E-state index contributed by atoms with van der Waals surface area (Å²) in [6.07, 6.45) is -1.77. The minimum Gasteiger partial charge on any atom is -0.330 e. The van der Waals surface area contributed by atoms with E-state index in [1.165, 1.54) is 17.7 Å². The van der Waals surface area contributed by atoms with Gasteiger partial charge < -0.3 is 11.1 Å². The van der Waals surface area contributed by atoms with E-state index in [4.69, 9.17) is 5.73 Å². The van der Waals surface area contributed by atoms with Gasteiger partial charge in [-0.05, 0) is 55.5 Å². The predicted molar refractivity (Wildman–Crippen MR) is 109 cm³/mol. The molecule has 2 rings (SSSR count). The quantitative estimate of drug-likeness (QED) is 0.548. The van der Waals surface area contributed by atoms with E-state index in [0.717, 1.165) is 38.4 Å². The van der Waals surface area contributed by atoms with Gasteiger partial charge in [-0.2, -0.15) is 13.2 Å². The second-order valence-corrected chi connectivity index (χ2v) is 7.68. The molecular weight excluding hydrogens is 361 g/mol. The zero-order valence-corrected chi connectivity index (χ0v) is 16.7. The van der Waals surface area contributed by atoms with Gasteiger partial charge in [0.1, 0.15) is 0 Å². The van der Waals surface area contributed by atoms with E-state index in [-0.39, 0.29) is 5.92 Å². The van der Waals surface area contributed by atoms with E-state index >= 15 is 0 Å². The number of alkyl halides is 3. The minimum atomic E-state index is -4.34. The van der Waals surface area contributed by atoms with Crippen molar-refractivity contribution in [1.82, 2.24) is 5.32 Å². The van der Waals surface area contributed by atoms with E-state index < -0.39 is 17.2 Å². The molecule has 2 aromatic rings. The highest BCUT2D eigenvalue weighted by atomic mass is 19.4. The maximum Gasteiger partial charge on any atom is 0.416 e. The molecule has 2 nitrogen and oxygen atoms in total. The maximum atomic E-state index is 13.2. The van der Waals surface area contributed by atoms with Crippen LogP contribution in [0, 0.1) is 5.92 Å².